The van der Waals surface area contributed by atoms with Crippen LogP contribution >= 0.6 is 0 Å². The molecule has 0 saturated carbocycles. The molecule has 1 aliphatic heterocycles. The van der Waals surface area contributed by atoms with Gasteiger partial charge in [-0.3, -0.25) is 0 Å². The summed E-state index contributed by atoms with van der Waals surface area (Å²) in [5.74, 6) is 3.24. The standard InChI is InChI=1S/C29H26N4O5/c1-16-6-5-7-21(17(16)2)37-14-25-31-28-27-26(18-8-11-22(35-3)24(12-18)36-4)20-10-9-19(34)13-23(20)38-29(27)30-15-33(28)32-25/h5-13,15,26,34H,14H2,1-4H3/t26-/m1/s1. The Morgan fingerprint density at radius 3 is 2.63 bits per heavy atom. The van der Waals surface area contributed by atoms with Crippen LogP contribution in [0.3, 0.4) is 0 Å². The minimum atomic E-state index is -0.317. The summed E-state index contributed by atoms with van der Waals surface area (Å²) in [6.07, 6.45) is 1.57. The van der Waals surface area contributed by atoms with Gasteiger partial charge in [-0.25, -0.2) is 14.5 Å². The van der Waals surface area contributed by atoms with Gasteiger partial charge in [0.05, 0.1) is 19.8 Å². The van der Waals surface area contributed by atoms with E-state index in [1.165, 1.54) is 0 Å². The molecule has 0 saturated heterocycles. The lowest BCUT2D eigenvalue weighted by Crippen LogP contribution is -2.15. The maximum absolute atomic E-state index is 10.1. The molecule has 38 heavy (non-hydrogen) atoms. The highest BCUT2D eigenvalue weighted by molar-refractivity contribution is 5.67. The van der Waals surface area contributed by atoms with Crippen molar-refractivity contribution in [3.63, 3.8) is 0 Å². The van der Waals surface area contributed by atoms with E-state index in [1.54, 1.807) is 37.2 Å². The van der Waals surface area contributed by atoms with E-state index >= 15 is 0 Å². The van der Waals surface area contributed by atoms with E-state index in [-0.39, 0.29) is 18.3 Å². The molecule has 1 atom stereocenters. The highest BCUT2D eigenvalue weighted by Crippen LogP contribution is 2.49. The second kappa shape index (κ2) is 9.26. The van der Waals surface area contributed by atoms with Gasteiger partial charge >= 0.3 is 0 Å². The van der Waals surface area contributed by atoms with Crippen molar-refractivity contribution in [2.24, 2.45) is 0 Å². The maximum atomic E-state index is 10.1. The average molecular weight is 511 g/mol. The van der Waals surface area contributed by atoms with Gasteiger partial charge in [-0.05, 0) is 54.8 Å². The topological polar surface area (TPSA) is 100 Å². The van der Waals surface area contributed by atoms with Crippen LogP contribution in [-0.4, -0.2) is 38.9 Å². The fourth-order valence-corrected chi connectivity index (χ4v) is 4.81. The van der Waals surface area contributed by atoms with Gasteiger partial charge in [-0.2, -0.15) is 0 Å². The molecule has 0 fully saturated rings. The molecule has 0 spiro atoms. The first-order valence-corrected chi connectivity index (χ1v) is 12.1. The number of ether oxygens (including phenoxy) is 4. The first-order chi connectivity index (χ1) is 18.5. The van der Waals surface area contributed by atoms with E-state index in [2.05, 4.69) is 23.1 Å². The number of aryl methyl sites for hydroxylation is 1. The van der Waals surface area contributed by atoms with E-state index < -0.39 is 0 Å². The zero-order valence-electron chi connectivity index (χ0n) is 21.4. The van der Waals surface area contributed by atoms with Crippen LogP contribution in [0.4, 0.5) is 0 Å². The third-order valence-electron chi connectivity index (χ3n) is 6.89. The minimum absolute atomic E-state index is 0.104. The van der Waals surface area contributed by atoms with Crippen molar-refractivity contribution in [1.29, 1.82) is 0 Å². The van der Waals surface area contributed by atoms with Crippen LogP contribution in [0.25, 0.3) is 5.65 Å². The molecule has 9 nitrogen and oxygen atoms in total. The van der Waals surface area contributed by atoms with Gasteiger partial charge < -0.3 is 24.1 Å². The van der Waals surface area contributed by atoms with Crippen LogP contribution in [0.15, 0.2) is 60.9 Å². The largest absolute Gasteiger partial charge is 0.508 e. The molecule has 192 valence electrons. The van der Waals surface area contributed by atoms with Gasteiger partial charge in [-0.1, -0.05) is 24.3 Å². The number of hydrogen-bond acceptors (Lipinski definition) is 8. The monoisotopic (exact) mass is 510 g/mol. The number of aromatic hydroxyl groups is 1. The van der Waals surface area contributed by atoms with Crippen LogP contribution < -0.4 is 18.9 Å². The van der Waals surface area contributed by atoms with Crippen LogP contribution in [0.5, 0.6) is 34.6 Å². The third-order valence-corrected chi connectivity index (χ3v) is 6.89. The molecule has 0 bridgehead atoms. The van der Waals surface area contributed by atoms with Crippen LogP contribution in [-0.2, 0) is 6.61 Å². The van der Waals surface area contributed by atoms with Crippen LogP contribution in [0.2, 0.25) is 0 Å². The third kappa shape index (κ3) is 3.92. The van der Waals surface area contributed by atoms with Gasteiger partial charge in [0.1, 0.15) is 30.2 Å². The van der Waals surface area contributed by atoms with Crippen molar-refractivity contribution >= 4 is 5.65 Å². The smallest absolute Gasteiger partial charge is 0.228 e. The predicted molar refractivity (Wildman–Crippen MR) is 140 cm³/mol. The number of benzene rings is 3. The molecule has 1 N–H and O–H groups in total. The molecule has 6 rings (SSSR count). The molecular weight excluding hydrogens is 484 g/mol. The van der Waals surface area contributed by atoms with Crippen molar-refractivity contribution in [2.75, 3.05) is 14.2 Å². The Morgan fingerprint density at radius 1 is 0.974 bits per heavy atom. The van der Waals surface area contributed by atoms with Crippen LogP contribution in [0, 0.1) is 13.8 Å². The predicted octanol–water partition coefficient (Wildman–Crippen LogP) is 5.33. The first kappa shape index (κ1) is 23.6. The Kier molecular flexibility index (Phi) is 5.75. The lowest BCUT2D eigenvalue weighted by atomic mass is 9.83. The summed E-state index contributed by atoms with van der Waals surface area (Å²) in [6, 6.07) is 16.8. The summed E-state index contributed by atoms with van der Waals surface area (Å²) in [6.45, 7) is 4.28. The summed E-state index contributed by atoms with van der Waals surface area (Å²) in [4.78, 5) is 9.38. The van der Waals surface area contributed by atoms with Crippen LogP contribution in [0.1, 0.15) is 39.6 Å². The normalized spacial score (nSPS) is 13.9. The number of fused-ring (bicyclic) bond motifs is 4. The lowest BCUT2D eigenvalue weighted by Gasteiger charge is -2.28. The SMILES string of the molecule is COc1ccc([C@@H]2c3ccc(O)cc3Oc3ncn4nc(COc5cccc(C)c5C)nc4c32)cc1OC. The summed E-state index contributed by atoms with van der Waals surface area (Å²) in [5.41, 5.74) is 5.37. The zero-order chi connectivity index (χ0) is 26.4. The Hall–Kier alpha value is -4.79. The number of methoxy groups -OCH3 is 2. The molecule has 0 aliphatic carbocycles. The van der Waals surface area contributed by atoms with E-state index in [1.807, 2.05) is 43.3 Å². The van der Waals surface area contributed by atoms with Gasteiger partial charge in [0.25, 0.3) is 0 Å². The van der Waals surface area contributed by atoms with E-state index in [0.29, 0.717) is 34.6 Å². The maximum Gasteiger partial charge on any atom is 0.228 e. The second-order valence-electron chi connectivity index (χ2n) is 9.12. The molecule has 5 aromatic rings. The molecule has 1 aliphatic rings. The van der Waals surface area contributed by atoms with Gasteiger partial charge in [-0.15, -0.1) is 5.10 Å². The second-order valence-corrected chi connectivity index (χ2v) is 9.12. The number of rotatable bonds is 6. The van der Waals surface area contributed by atoms with Gasteiger partial charge in [0.15, 0.2) is 23.0 Å². The summed E-state index contributed by atoms with van der Waals surface area (Å²) in [5, 5.41) is 14.8. The fraction of sp³-hybridized carbons (Fsp3) is 0.207. The van der Waals surface area contributed by atoms with Crippen molar-refractivity contribution < 1.29 is 24.1 Å². The number of phenols is 1. The van der Waals surface area contributed by atoms with E-state index in [0.717, 1.165) is 33.6 Å². The average Bonchev–Trinajstić information content (AvgIpc) is 3.35. The van der Waals surface area contributed by atoms with E-state index in [9.17, 15) is 5.11 Å². The molecule has 0 unspecified atom stereocenters. The summed E-state index contributed by atoms with van der Waals surface area (Å²) < 4.78 is 24.9. The highest BCUT2D eigenvalue weighted by atomic mass is 16.5. The Morgan fingerprint density at radius 2 is 1.82 bits per heavy atom. The lowest BCUT2D eigenvalue weighted by molar-refractivity contribution is 0.294. The van der Waals surface area contributed by atoms with Gasteiger partial charge in [0, 0.05) is 17.5 Å². The van der Waals surface area contributed by atoms with Crippen molar-refractivity contribution in [3.8, 4) is 34.6 Å². The summed E-state index contributed by atoms with van der Waals surface area (Å²) >= 11 is 0. The number of hydrogen-bond donors (Lipinski definition) is 1. The molecule has 9 heteroatoms. The van der Waals surface area contributed by atoms with Crippen molar-refractivity contribution in [3.05, 3.63) is 94.6 Å². The zero-order valence-corrected chi connectivity index (χ0v) is 21.4. The Balaban J connectivity index is 1.47. The molecule has 0 amide bonds. The molecule has 2 aromatic heterocycles. The molecule has 0 radical (unpaired) electrons. The quantitative estimate of drug-likeness (QED) is 0.321. The first-order valence-electron chi connectivity index (χ1n) is 12.1. The Bertz CT molecular complexity index is 1680. The number of phenolic OH excluding ortho intramolecular Hbond substituents is 1. The molecular formula is C29H26N4O5. The fourth-order valence-electron chi connectivity index (χ4n) is 4.81. The summed E-state index contributed by atoms with van der Waals surface area (Å²) in [7, 11) is 3.21. The molecule has 3 aromatic carbocycles. The molecule has 3 heterocycles. The van der Waals surface area contributed by atoms with E-state index in [4.69, 9.17) is 23.9 Å². The van der Waals surface area contributed by atoms with Crippen molar-refractivity contribution in [2.45, 2.75) is 26.4 Å². The minimum Gasteiger partial charge on any atom is -0.508 e. The number of aromatic nitrogens is 4. The number of nitrogens with zero attached hydrogens (tertiary/aromatic N) is 4. The Labute approximate surface area is 219 Å². The van der Waals surface area contributed by atoms with Crippen molar-refractivity contribution in [1.82, 2.24) is 19.6 Å². The van der Waals surface area contributed by atoms with Gasteiger partial charge in [0.2, 0.25) is 5.88 Å². The highest BCUT2D eigenvalue weighted by Gasteiger charge is 2.34.